The maximum atomic E-state index is 12.7. The quantitative estimate of drug-likeness (QED) is 0.303. The summed E-state index contributed by atoms with van der Waals surface area (Å²) in [6.07, 6.45) is 2.06. The number of nitrogens with one attached hydrogen (secondary N) is 2. The second-order valence-electron chi connectivity index (χ2n) is 8.81. The van der Waals surface area contributed by atoms with Crippen LogP contribution in [0.15, 0.2) is 72.8 Å². The van der Waals surface area contributed by atoms with Crippen LogP contribution in [0, 0.1) is 0 Å². The van der Waals surface area contributed by atoms with Crippen molar-refractivity contribution >= 4 is 16.7 Å². The van der Waals surface area contributed by atoms with Gasteiger partial charge in [0.25, 0.3) is 5.91 Å². The molecule has 0 unspecified atom stereocenters. The number of fused-ring (bicyclic) bond motifs is 1. The molecule has 0 radical (unpaired) electrons. The SMILES string of the molecule is CCN(CC)CCC[C@@H](C)NC(=O)c1ccc(-c2cc(-c3cccc4ccccc34)[nH]n2)cc1. The van der Waals surface area contributed by atoms with Crippen molar-refractivity contribution in [3.8, 4) is 22.5 Å². The number of hydrogen-bond acceptors (Lipinski definition) is 3. The smallest absolute Gasteiger partial charge is 0.251 e. The largest absolute Gasteiger partial charge is 0.350 e. The van der Waals surface area contributed by atoms with E-state index in [0.29, 0.717) is 5.56 Å². The minimum Gasteiger partial charge on any atom is -0.350 e. The Kier molecular flexibility index (Phi) is 7.76. The van der Waals surface area contributed by atoms with E-state index in [4.69, 9.17) is 0 Å². The van der Waals surface area contributed by atoms with E-state index in [1.165, 1.54) is 10.8 Å². The summed E-state index contributed by atoms with van der Waals surface area (Å²) in [4.78, 5) is 15.1. The van der Waals surface area contributed by atoms with Crippen LogP contribution in [0.25, 0.3) is 33.3 Å². The lowest BCUT2D eigenvalue weighted by Crippen LogP contribution is -2.33. The number of rotatable bonds is 10. The number of aromatic nitrogens is 2. The van der Waals surface area contributed by atoms with Gasteiger partial charge in [-0.3, -0.25) is 9.89 Å². The average molecular weight is 455 g/mol. The molecule has 1 atom stereocenters. The normalized spacial score (nSPS) is 12.2. The number of amides is 1. The molecular weight excluding hydrogens is 420 g/mol. The van der Waals surface area contributed by atoms with Crippen LogP contribution >= 0.6 is 0 Å². The van der Waals surface area contributed by atoms with E-state index in [-0.39, 0.29) is 11.9 Å². The molecule has 1 heterocycles. The van der Waals surface area contributed by atoms with Crippen LogP contribution in [0.2, 0.25) is 0 Å². The minimum absolute atomic E-state index is 0.0274. The Morgan fingerprint density at radius 1 is 1.00 bits per heavy atom. The van der Waals surface area contributed by atoms with E-state index in [1.807, 2.05) is 24.3 Å². The monoisotopic (exact) mass is 454 g/mol. The third-order valence-electron chi connectivity index (χ3n) is 6.48. The van der Waals surface area contributed by atoms with E-state index < -0.39 is 0 Å². The van der Waals surface area contributed by atoms with Gasteiger partial charge in [0.1, 0.15) is 0 Å². The zero-order chi connectivity index (χ0) is 23.9. The second-order valence-corrected chi connectivity index (χ2v) is 8.81. The van der Waals surface area contributed by atoms with Gasteiger partial charge >= 0.3 is 0 Å². The molecule has 0 aliphatic heterocycles. The van der Waals surface area contributed by atoms with Crippen molar-refractivity contribution in [3.63, 3.8) is 0 Å². The predicted molar refractivity (Wildman–Crippen MR) is 141 cm³/mol. The summed E-state index contributed by atoms with van der Waals surface area (Å²) < 4.78 is 0. The molecule has 5 heteroatoms. The average Bonchev–Trinajstić information content (AvgIpc) is 3.36. The molecule has 0 bridgehead atoms. The molecule has 5 nitrogen and oxygen atoms in total. The molecule has 4 rings (SSSR count). The molecule has 1 aromatic heterocycles. The lowest BCUT2D eigenvalue weighted by Gasteiger charge is -2.19. The van der Waals surface area contributed by atoms with Gasteiger partial charge in [0.2, 0.25) is 0 Å². The maximum Gasteiger partial charge on any atom is 0.251 e. The van der Waals surface area contributed by atoms with Crippen LogP contribution in [-0.4, -0.2) is 46.7 Å². The molecule has 4 aromatic rings. The first-order chi connectivity index (χ1) is 16.6. The number of carbonyl (C=O) groups is 1. The molecule has 0 aliphatic rings. The molecule has 0 fully saturated rings. The van der Waals surface area contributed by atoms with E-state index in [1.54, 1.807) is 0 Å². The zero-order valence-corrected chi connectivity index (χ0v) is 20.3. The number of nitrogens with zero attached hydrogens (tertiary/aromatic N) is 2. The maximum absolute atomic E-state index is 12.7. The van der Waals surface area contributed by atoms with Crippen LogP contribution < -0.4 is 5.32 Å². The molecular formula is C29H34N4O. The fraction of sp³-hybridized carbons (Fsp3) is 0.310. The highest BCUT2D eigenvalue weighted by atomic mass is 16.1. The van der Waals surface area contributed by atoms with Crippen molar-refractivity contribution in [3.05, 3.63) is 78.4 Å². The van der Waals surface area contributed by atoms with E-state index in [2.05, 4.69) is 89.7 Å². The number of benzene rings is 3. The van der Waals surface area contributed by atoms with Gasteiger partial charge in [0.15, 0.2) is 0 Å². The fourth-order valence-electron chi connectivity index (χ4n) is 4.40. The van der Waals surface area contributed by atoms with Gasteiger partial charge in [0, 0.05) is 22.7 Å². The van der Waals surface area contributed by atoms with E-state index in [9.17, 15) is 4.79 Å². The minimum atomic E-state index is -0.0274. The highest BCUT2D eigenvalue weighted by Gasteiger charge is 2.12. The van der Waals surface area contributed by atoms with Gasteiger partial charge in [-0.05, 0) is 68.4 Å². The Labute approximate surface area is 202 Å². The Morgan fingerprint density at radius 2 is 1.74 bits per heavy atom. The third-order valence-corrected chi connectivity index (χ3v) is 6.48. The standard InChI is InChI=1S/C29H34N4O/c1-4-33(5-2)19-9-10-21(3)30-29(34)24-17-15-23(16-18-24)27-20-28(32-31-27)26-14-8-12-22-11-6-7-13-25(22)26/h6-8,11-18,20-21H,4-5,9-10,19H2,1-3H3,(H,30,34)(H,31,32)/t21-/m1/s1. The molecule has 2 N–H and O–H groups in total. The van der Waals surface area contributed by atoms with Gasteiger partial charge in [-0.2, -0.15) is 5.10 Å². The summed E-state index contributed by atoms with van der Waals surface area (Å²) in [5.41, 5.74) is 4.62. The first kappa shape index (κ1) is 23.7. The van der Waals surface area contributed by atoms with Crippen LogP contribution in [0.4, 0.5) is 0 Å². The molecule has 0 saturated carbocycles. The van der Waals surface area contributed by atoms with Gasteiger partial charge in [-0.15, -0.1) is 0 Å². The topological polar surface area (TPSA) is 61.0 Å². The number of carbonyl (C=O) groups excluding carboxylic acids is 1. The predicted octanol–water partition coefficient (Wildman–Crippen LogP) is 6.14. The molecule has 1 amide bonds. The molecule has 0 saturated heterocycles. The van der Waals surface area contributed by atoms with Crippen LogP contribution in [-0.2, 0) is 0 Å². The molecule has 0 aliphatic carbocycles. The van der Waals surface area contributed by atoms with Crippen molar-refractivity contribution < 1.29 is 4.79 Å². The van der Waals surface area contributed by atoms with Gasteiger partial charge in [-0.25, -0.2) is 0 Å². The summed E-state index contributed by atoms with van der Waals surface area (Å²) in [6, 6.07) is 24.5. The lowest BCUT2D eigenvalue weighted by atomic mass is 10.0. The highest BCUT2D eigenvalue weighted by molar-refractivity contribution is 5.96. The molecule has 0 spiro atoms. The van der Waals surface area contributed by atoms with Gasteiger partial charge in [-0.1, -0.05) is 68.4 Å². The van der Waals surface area contributed by atoms with Crippen LogP contribution in [0.5, 0.6) is 0 Å². The summed E-state index contributed by atoms with van der Waals surface area (Å²) in [5.74, 6) is -0.0274. The highest BCUT2D eigenvalue weighted by Crippen LogP contribution is 2.29. The summed E-state index contributed by atoms with van der Waals surface area (Å²) >= 11 is 0. The van der Waals surface area contributed by atoms with Crippen molar-refractivity contribution in [2.45, 2.75) is 39.7 Å². The van der Waals surface area contributed by atoms with Crippen LogP contribution in [0.3, 0.4) is 0 Å². The van der Waals surface area contributed by atoms with Crippen molar-refractivity contribution in [1.29, 1.82) is 0 Å². The Hall–Kier alpha value is -3.44. The summed E-state index contributed by atoms with van der Waals surface area (Å²) in [5, 5.41) is 13.2. The molecule has 3 aromatic carbocycles. The summed E-state index contributed by atoms with van der Waals surface area (Å²) in [6.45, 7) is 9.67. The fourth-order valence-corrected chi connectivity index (χ4v) is 4.40. The first-order valence-corrected chi connectivity index (χ1v) is 12.3. The lowest BCUT2D eigenvalue weighted by molar-refractivity contribution is 0.0937. The second kappa shape index (κ2) is 11.1. The summed E-state index contributed by atoms with van der Waals surface area (Å²) in [7, 11) is 0. The number of aromatic amines is 1. The Balaban J connectivity index is 1.39. The molecule has 176 valence electrons. The van der Waals surface area contributed by atoms with Crippen molar-refractivity contribution in [2.24, 2.45) is 0 Å². The van der Waals surface area contributed by atoms with Crippen molar-refractivity contribution in [2.75, 3.05) is 19.6 Å². The zero-order valence-electron chi connectivity index (χ0n) is 20.3. The van der Waals surface area contributed by atoms with E-state index >= 15 is 0 Å². The van der Waals surface area contributed by atoms with Gasteiger partial charge < -0.3 is 10.2 Å². The van der Waals surface area contributed by atoms with Crippen LogP contribution in [0.1, 0.15) is 44.0 Å². The molecule has 34 heavy (non-hydrogen) atoms. The van der Waals surface area contributed by atoms with E-state index in [0.717, 1.165) is 55.0 Å². The van der Waals surface area contributed by atoms with Gasteiger partial charge in [0.05, 0.1) is 11.4 Å². The van der Waals surface area contributed by atoms with Crippen molar-refractivity contribution in [1.82, 2.24) is 20.4 Å². The Morgan fingerprint density at radius 3 is 2.50 bits per heavy atom. The first-order valence-electron chi connectivity index (χ1n) is 12.3. The number of H-pyrrole nitrogens is 1. The Bertz CT molecular complexity index is 1220. The third kappa shape index (κ3) is 5.54. The number of hydrogen-bond donors (Lipinski definition) is 2.